The van der Waals surface area contributed by atoms with Crippen molar-refractivity contribution in [3.63, 3.8) is 0 Å². The second-order valence-corrected chi connectivity index (χ2v) is 6.83. The number of nitro benzene ring substituents is 1. The number of hydrogen-bond donors (Lipinski definition) is 3. The summed E-state index contributed by atoms with van der Waals surface area (Å²) < 4.78 is 0.580. The van der Waals surface area contributed by atoms with E-state index < -0.39 is 4.92 Å². The zero-order valence-corrected chi connectivity index (χ0v) is 16.2. The number of fused-ring (bicyclic) bond motifs is 1. The number of halogens is 1. The summed E-state index contributed by atoms with van der Waals surface area (Å²) in [6.07, 6.45) is 1.11. The lowest BCUT2D eigenvalue weighted by Crippen LogP contribution is -2.29. The molecule has 2 aromatic carbocycles. The molecule has 0 saturated heterocycles. The zero-order chi connectivity index (χ0) is 20.1. The number of anilines is 1. The van der Waals surface area contributed by atoms with Crippen molar-refractivity contribution >= 4 is 44.1 Å². The average Bonchev–Trinajstić information content (AvgIpc) is 2.67. The minimum Gasteiger partial charge on any atom is -0.310 e. The monoisotopic (exact) mass is 445 g/mol. The minimum absolute atomic E-state index is 0.0914. The first-order valence-electron chi connectivity index (χ1n) is 8.41. The number of nitrogens with zero attached hydrogens (tertiary/aromatic N) is 2. The topological polar surface area (TPSA) is 130 Å². The van der Waals surface area contributed by atoms with Crippen LogP contribution in [0.15, 0.2) is 51.7 Å². The molecule has 28 heavy (non-hydrogen) atoms. The Morgan fingerprint density at radius 3 is 2.82 bits per heavy atom. The number of nitrogens with one attached hydrogen (secondary N) is 3. The van der Waals surface area contributed by atoms with E-state index in [1.54, 1.807) is 18.2 Å². The van der Waals surface area contributed by atoms with E-state index >= 15 is 0 Å². The number of H-pyrrole nitrogens is 1. The molecule has 0 atom stereocenters. The Balaban J connectivity index is 1.53. The summed E-state index contributed by atoms with van der Waals surface area (Å²) in [4.78, 5) is 41.5. The molecule has 0 aliphatic heterocycles. The van der Waals surface area contributed by atoms with E-state index in [0.717, 1.165) is 0 Å². The number of amides is 1. The summed E-state index contributed by atoms with van der Waals surface area (Å²) >= 11 is 3.26. The van der Waals surface area contributed by atoms with Gasteiger partial charge in [-0.05, 0) is 40.5 Å². The van der Waals surface area contributed by atoms with Crippen LogP contribution in [0.1, 0.15) is 18.7 Å². The molecule has 1 heterocycles. The van der Waals surface area contributed by atoms with Crippen LogP contribution in [0.4, 0.5) is 11.4 Å². The molecule has 0 unspecified atom stereocenters. The molecule has 10 heteroatoms. The van der Waals surface area contributed by atoms with Gasteiger partial charge in [-0.25, -0.2) is 4.98 Å². The lowest BCUT2D eigenvalue weighted by molar-refractivity contribution is -0.384. The fourth-order valence-corrected chi connectivity index (χ4v) is 2.94. The highest BCUT2D eigenvalue weighted by Gasteiger charge is 2.10. The third-order valence-electron chi connectivity index (χ3n) is 3.98. The number of non-ortho nitro benzene ring substituents is 1. The van der Waals surface area contributed by atoms with Crippen molar-refractivity contribution in [3.05, 3.63) is 73.2 Å². The molecule has 0 bridgehead atoms. The Morgan fingerprint density at radius 1 is 1.25 bits per heavy atom. The van der Waals surface area contributed by atoms with Crippen molar-refractivity contribution in [2.45, 2.75) is 19.3 Å². The average molecular weight is 446 g/mol. The first-order valence-corrected chi connectivity index (χ1v) is 9.20. The predicted octanol–water partition coefficient (Wildman–Crippen LogP) is 3.06. The first-order chi connectivity index (χ1) is 13.4. The smallest absolute Gasteiger partial charge is 0.271 e. The molecule has 9 nitrogen and oxygen atoms in total. The molecule has 0 spiro atoms. The van der Waals surface area contributed by atoms with Crippen LogP contribution in [0.25, 0.3) is 10.9 Å². The Bertz CT molecular complexity index is 1100. The number of para-hydroxylation sites is 1. The lowest BCUT2D eigenvalue weighted by Gasteiger charge is -2.10. The summed E-state index contributed by atoms with van der Waals surface area (Å²) in [5, 5.41) is 11.4. The van der Waals surface area contributed by atoms with E-state index in [9.17, 15) is 19.7 Å². The van der Waals surface area contributed by atoms with Gasteiger partial charge >= 0.3 is 0 Å². The van der Waals surface area contributed by atoms with E-state index in [1.165, 1.54) is 18.2 Å². The number of aromatic amines is 1. The van der Waals surface area contributed by atoms with Crippen LogP contribution < -0.4 is 16.4 Å². The van der Waals surface area contributed by atoms with Crippen LogP contribution in [-0.4, -0.2) is 20.8 Å². The molecule has 144 valence electrons. The number of aromatic nitrogens is 2. The molecule has 1 amide bonds. The Hall–Kier alpha value is -3.27. The number of hydrogen-bond acceptors (Lipinski definition) is 6. The van der Waals surface area contributed by atoms with Gasteiger partial charge in [-0.1, -0.05) is 12.1 Å². The van der Waals surface area contributed by atoms with Gasteiger partial charge in [0.2, 0.25) is 5.91 Å². The summed E-state index contributed by atoms with van der Waals surface area (Å²) in [7, 11) is 0. The van der Waals surface area contributed by atoms with E-state index in [4.69, 9.17) is 0 Å². The maximum atomic E-state index is 12.0. The number of carbonyl (C=O) groups excluding carboxylic acids is 1. The second kappa shape index (κ2) is 8.61. The van der Waals surface area contributed by atoms with E-state index in [1.807, 2.05) is 6.07 Å². The largest absolute Gasteiger partial charge is 0.310 e. The van der Waals surface area contributed by atoms with Crippen LogP contribution in [0.2, 0.25) is 0 Å². The van der Waals surface area contributed by atoms with Crippen molar-refractivity contribution in [2.24, 2.45) is 0 Å². The van der Waals surface area contributed by atoms with Gasteiger partial charge in [0.1, 0.15) is 5.82 Å². The van der Waals surface area contributed by atoms with Crippen molar-refractivity contribution in [1.29, 1.82) is 0 Å². The molecule has 3 rings (SSSR count). The Labute approximate surface area is 167 Å². The van der Waals surface area contributed by atoms with Crippen LogP contribution in [0.3, 0.4) is 0 Å². The van der Waals surface area contributed by atoms with Gasteiger partial charge in [0.15, 0.2) is 0 Å². The standard InChI is InChI=1S/C18H16BrN5O4/c19-13-9-8-11(24(27)28)10-15(13)22-23-17(25)7-3-6-16-20-14-5-2-1-4-12(14)18(26)21-16/h1-2,4-5,8-10,22H,3,6-7H2,(H,23,25)(H,20,21,26). The van der Waals surface area contributed by atoms with Crippen LogP contribution >= 0.6 is 15.9 Å². The maximum absolute atomic E-state index is 12.0. The Morgan fingerprint density at radius 2 is 2.04 bits per heavy atom. The quantitative estimate of drug-likeness (QED) is 0.378. The Kier molecular flexibility index (Phi) is 5.99. The van der Waals surface area contributed by atoms with Crippen molar-refractivity contribution < 1.29 is 9.72 Å². The highest BCUT2D eigenvalue weighted by molar-refractivity contribution is 9.10. The molecule has 3 N–H and O–H groups in total. The van der Waals surface area contributed by atoms with Crippen LogP contribution in [0.5, 0.6) is 0 Å². The third-order valence-corrected chi connectivity index (χ3v) is 4.67. The predicted molar refractivity (Wildman–Crippen MR) is 108 cm³/mol. The summed E-state index contributed by atoms with van der Waals surface area (Å²) in [5.74, 6) is 0.229. The molecule has 3 aromatic rings. The highest BCUT2D eigenvalue weighted by Crippen LogP contribution is 2.26. The fraction of sp³-hybridized carbons (Fsp3) is 0.167. The number of hydrazine groups is 1. The SMILES string of the molecule is O=C(CCCc1nc2ccccc2c(=O)[nH]1)NNc1cc([N+](=O)[O-])ccc1Br. The number of aryl methyl sites for hydroxylation is 1. The fourth-order valence-electron chi connectivity index (χ4n) is 2.59. The highest BCUT2D eigenvalue weighted by atomic mass is 79.9. The minimum atomic E-state index is -0.517. The molecule has 0 radical (unpaired) electrons. The van der Waals surface area contributed by atoms with Crippen LogP contribution in [-0.2, 0) is 11.2 Å². The molecule has 0 aliphatic carbocycles. The van der Waals surface area contributed by atoms with Gasteiger partial charge < -0.3 is 4.98 Å². The maximum Gasteiger partial charge on any atom is 0.271 e. The molecule has 0 saturated carbocycles. The summed E-state index contributed by atoms with van der Waals surface area (Å²) in [6.45, 7) is 0. The number of carbonyl (C=O) groups is 1. The van der Waals surface area contributed by atoms with Gasteiger partial charge in [0.25, 0.3) is 11.2 Å². The molecule has 0 fully saturated rings. The van der Waals surface area contributed by atoms with Crippen molar-refractivity contribution in [2.75, 3.05) is 5.43 Å². The van der Waals surface area contributed by atoms with E-state index in [2.05, 4.69) is 36.7 Å². The van der Waals surface area contributed by atoms with Gasteiger partial charge in [-0.2, -0.15) is 0 Å². The van der Waals surface area contributed by atoms with Crippen molar-refractivity contribution in [1.82, 2.24) is 15.4 Å². The summed E-state index contributed by atoms with van der Waals surface area (Å²) in [5.41, 5.74) is 5.86. The lowest BCUT2D eigenvalue weighted by atomic mass is 10.2. The van der Waals surface area contributed by atoms with Gasteiger partial charge in [-0.3, -0.25) is 30.6 Å². The normalized spacial score (nSPS) is 10.6. The van der Waals surface area contributed by atoms with E-state index in [0.29, 0.717) is 39.7 Å². The first kappa shape index (κ1) is 19.5. The van der Waals surface area contributed by atoms with Crippen molar-refractivity contribution in [3.8, 4) is 0 Å². The summed E-state index contributed by atoms with van der Waals surface area (Å²) in [6, 6.07) is 11.2. The van der Waals surface area contributed by atoms with Crippen LogP contribution in [0, 0.1) is 10.1 Å². The van der Waals surface area contributed by atoms with Gasteiger partial charge in [-0.15, -0.1) is 0 Å². The van der Waals surface area contributed by atoms with Gasteiger partial charge in [0.05, 0.1) is 21.5 Å². The second-order valence-electron chi connectivity index (χ2n) is 5.98. The molecule has 0 aliphatic rings. The molecule has 1 aromatic heterocycles. The number of benzene rings is 2. The number of rotatable bonds is 7. The zero-order valence-electron chi connectivity index (χ0n) is 14.6. The molecular weight excluding hydrogens is 430 g/mol. The van der Waals surface area contributed by atoms with Gasteiger partial charge in [0, 0.05) is 29.4 Å². The third kappa shape index (κ3) is 4.71. The molecular formula is C18H16BrN5O4. The number of nitro groups is 1. The van der Waals surface area contributed by atoms with E-state index in [-0.39, 0.29) is 23.6 Å².